The SMILES string of the molecule is O=C1NCc2ccccc2CC12CCCN2Cc1cccc(OC(F)(F)F)c1. The Morgan fingerprint density at radius 3 is 2.68 bits per heavy atom. The van der Waals surface area contributed by atoms with E-state index in [2.05, 4.69) is 15.0 Å². The van der Waals surface area contributed by atoms with Crippen molar-refractivity contribution in [2.45, 2.75) is 44.3 Å². The van der Waals surface area contributed by atoms with Crippen LogP contribution < -0.4 is 10.1 Å². The molecule has 1 spiro atoms. The molecule has 1 fully saturated rings. The molecule has 2 aromatic rings. The van der Waals surface area contributed by atoms with Crippen LogP contribution in [0.15, 0.2) is 48.5 Å². The second-order valence-corrected chi connectivity index (χ2v) is 7.38. The van der Waals surface area contributed by atoms with Crippen molar-refractivity contribution in [1.82, 2.24) is 10.2 Å². The fraction of sp³-hybridized carbons (Fsp3) is 0.381. The molecule has 2 aliphatic rings. The molecule has 7 heteroatoms. The van der Waals surface area contributed by atoms with Gasteiger partial charge in [0.2, 0.25) is 5.91 Å². The van der Waals surface area contributed by atoms with E-state index in [0.717, 1.165) is 30.5 Å². The molecule has 4 rings (SSSR count). The molecule has 1 saturated heterocycles. The molecule has 148 valence electrons. The zero-order chi connectivity index (χ0) is 19.8. The number of carbonyl (C=O) groups excluding carboxylic acids is 1. The van der Waals surface area contributed by atoms with Gasteiger partial charge in [-0.3, -0.25) is 9.69 Å². The maximum absolute atomic E-state index is 13.0. The minimum atomic E-state index is -4.72. The van der Waals surface area contributed by atoms with Gasteiger partial charge in [0, 0.05) is 19.5 Å². The monoisotopic (exact) mass is 390 g/mol. The summed E-state index contributed by atoms with van der Waals surface area (Å²) in [5.41, 5.74) is 2.27. The van der Waals surface area contributed by atoms with Crippen LogP contribution in [0.2, 0.25) is 0 Å². The van der Waals surface area contributed by atoms with Crippen molar-refractivity contribution in [2.75, 3.05) is 6.54 Å². The highest BCUT2D eigenvalue weighted by molar-refractivity contribution is 5.87. The fourth-order valence-corrected chi connectivity index (χ4v) is 4.32. The number of nitrogens with one attached hydrogen (secondary N) is 1. The third kappa shape index (κ3) is 3.71. The van der Waals surface area contributed by atoms with Crippen molar-refractivity contribution in [3.63, 3.8) is 0 Å². The number of alkyl halides is 3. The van der Waals surface area contributed by atoms with E-state index >= 15 is 0 Å². The minimum Gasteiger partial charge on any atom is -0.406 e. The number of ether oxygens (including phenoxy) is 1. The van der Waals surface area contributed by atoms with Crippen molar-refractivity contribution in [3.05, 3.63) is 65.2 Å². The van der Waals surface area contributed by atoms with Crippen LogP contribution >= 0.6 is 0 Å². The lowest BCUT2D eigenvalue weighted by molar-refractivity contribution is -0.274. The van der Waals surface area contributed by atoms with Gasteiger partial charge in [-0.15, -0.1) is 13.2 Å². The second kappa shape index (κ2) is 7.13. The molecule has 0 bridgehead atoms. The Bertz CT molecular complexity index is 884. The van der Waals surface area contributed by atoms with Crippen LogP contribution in [0.1, 0.15) is 29.5 Å². The Labute approximate surface area is 161 Å². The van der Waals surface area contributed by atoms with E-state index in [1.807, 2.05) is 24.3 Å². The zero-order valence-electron chi connectivity index (χ0n) is 15.3. The third-order valence-corrected chi connectivity index (χ3v) is 5.59. The Morgan fingerprint density at radius 1 is 1.11 bits per heavy atom. The smallest absolute Gasteiger partial charge is 0.406 e. The molecule has 1 unspecified atom stereocenters. The molecular weight excluding hydrogens is 369 g/mol. The number of halogens is 3. The van der Waals surface area contributed by atoms with Gasteiger partial charge >= 0.3 is 6.36 Å². The number of carbonyl (C=O) groups is 1. The van der Waals surface area contributed by atoms with Crippen molar-refractivity contribution < 1.29 is 22.7 Å². The summed E-state index contributed by atoms with van der Waals surface area (Å²) >= 11 is 0. The fourth-order valence-electron chi connectivity index (χ4n) is 4.32. The molecule has 2 heterocycles. The first kappa shape index (κ1) is 18.8. The molecule has 2 aromatic carbocycles. The quantitative estimate of drug-likeness (QED) is 0.867. The van der Waals surface area contributed by atoms with Crippen LogP contribution in [0.5, 0.6) is 5.75 Å². The predicted molar refractivity (Wildman–Crippen MR) is 97.5 cm³/mol. The van der Waals surface area contributed by atoms with E-state index in [-0.39, 0.29) is 11.7 Å². The van der Waals surface area contributed by atoms with E-state index in [1.54, 1.807) is 12.1 Å². The molecule has 2 aliphatic heterocycles. The molecule has 28 heavy (non-hydrogen) atoms. The lowest BCUT2D eigenvalue weighted by atomic mass is 9.86. The molecule has 1 amide bonds. The predicted octanol–water partition coefficient (Wildman–Crippen LogP) is 3.79. The number of likely N-dealkylation sites (tertiary alicyclic amines) is 1. The standard InChI is InChI=1S/C21H21F3N2O2/c22-21(23,24)28-18-8-3-5-15(11-18)14-26-10-4-9-20(26)12-16-6-1-2-7-17(16)13-25-19(20)27/h1-3,5-8,11H,4,9-10,12-14H2,(H,25,27). The van der Waals surface area contributed by atoms with Gasteiger partial charge in [-0.25, -0.2) is 0 Å². The summed E-state index contributed by atoms with van der Waals surface area (Å²) in [5, 5.41) is 3.04. The van der Waals surface area contributed by atoms with Gasteiger partial charge in [0.1, 0.15) is 11.3 Å². The summed E-state index contributed by atoms with van der Waals surface area (Å²) in [6.07, 6.45) is -2.52. The van der Waals surface area contributed by atoms with Crippen molar-refractivity contribution >= 4 is 5.91 Å². The van der Waals surface area contributed by atoms with E-state index in [4.69, 9.17) is 0 Å². The van der Waals surface area contributed by atoms with Crippen LogP contribution in [-0.2, 0) is 24.3 Å². The summed E-state index contributed by atoms with van der Waals surface area (Å²) in [7, 11) is 0. The molecule has 0 aliphatic carbocycles. The topological polar surface area (TPSA) is 41.6 Å². The third-order valence-electron chi connectivity index (χ3n) is 5.59. The lowest BCUT2D eigenvalue weighted by Crippen LogP contribution is -2.55. The number of hydrogen-bond acceptors (Lipinski definition) is 3. The Balaban J connectivity index is 1.60. The molecule has 1 N–H and O–H groups in total. The van der Waals surface area contributed by atoms with Gasteiger partial charge in [0.15, 0.2) is 0 Å². The van der Waals surface area contributed by atoms with E-state index in [0.29, 0.717) is 25.1 Å². The summed E-state index contributed by atoms with van der Waals surface area (Å²) in [4.78, 5) is 15.1. The van der Waals surface area contributed by atoms with Gasteiger partial charge < -0.3 is 10.1 Å². The Hall–Kier alpha value is -2.54. The first-order valence-corrected chi connectivity index (χ1v) is 9.31. The first-order valence-electron chi connectivity index (χ1n) is 9.31. The average molecular weight is 390 g/mol. The number of benzene rings is 2. The van der Waals surface area contributed by atoms with Crippen LogP contribution in [0.3, 0.4) is 0 Å². The highest BCUT2D eigenvalue weighted by Gasteiger charge is 2.48. The molecule has 0 radical (unpaired) electrons. The van der Waals surface area contributed by atoms with E-state index < -0.39 is 11.9 Å². The molecule has 4 nitrogen and oxygen atoms in total. The Kier molecular flexibility index (Phi) is 4.79. The highest BCUT2D eigenvalue weighted by atomic mass is 19.4. The molecule has 1 atom stereocenters. The summed E-state index contributed by atoms with van der Waals surface area (Å²) in [6, 6.07) is 14.0. The summed E-state index contributed by atoms with van der Waals surface area (Å²) < 4.78 is 41.6. The number of amides is 1. The van der Waals surface area contributed by atoms with Crippen LogP contribution in [0, 0.1) is 0 Å². The van der Waals surface area contributed by atoms with E-state index in [1.165, 1.54) is 12.1 Å². The Morgan fingerprint density at radius 2 is 1.89 bits per heavy atom. The van der Waals surface area contributed by atoms with E-state index in [9.17, 15) is 18.0 Å². The van der Waals surface area contributed by atoms with Gasteiger partial charge in [-0.1, -0.05) is 36.4 Å². The average Bonchev–Trinajstić information content (AvgIpc) is 2.96. The summed E-state index contributed by atoms with van der Waals surface area (Å²) in [5.74, 6) is -0.252. The number of fused-ring (bicyclic) bond motifs is 1. The zero-order valence-corrected chi connectivity index (χ0v) is 15.3. The largest absolute Gasteiger partial charge is 0.573 e. The van der Waals surface area contributed by atoms with Crippen molar-refractivity contribution in [3.8, 4) is 5.75 Å². The van der Waals surface area contributed by atoms with Gasteiger partial charge in [0.05, 0.1) is 0 Å². The van der Waals surface area contributed by atoms with Crippen LogP contribution in [-0.4, -0.2) is 29.3 Å². The van der Waals surface area contributed by atoms with Crippen LogP contribution in [0.4, 0.5) is 13.2 Å². The number of nitrogens with zero attached hydrogens (tertiary/aromatic N) is 1. The first-order chi connectivity index (χ1) is 13.4. The van der Waals surface area contributed by atoms with Crippen LogP contribution in [0.25, 0.3) is 0 Å². The molecule has 0 aromatic heterocycles. The second-order valence-electron chi connectivity index (χ2n) is 7.38. The van der Waals surface area contributed by atoms with Gasteiger partial charge in [0.25, 0.3) is 0 Å². The van der Waals surface area contributed by atoms with Gasteiger partial charge in [-0.2, -0.15) is 0 Å². The molecule has 0 saturated carbocycles. The maximum atomic E-state index is 13.0. The maximum Gasteiger partial charge on any atom is 0.573 e. The summed E-state index contributed by atoms with van der Waals surface area (Å²) in [6.45, 7) is 1.62. The number of hydrogen-bond donors (Lipinski definition) is 1. The van der Waals surface area contributed by atoms with Gasteiger partial charge in [-0.05, 0) is 48.2 Å². The molecular formula is C21H21F3N2O2. The normalized spacial score (nSPS) is 22.6. The van der Waals surface area contributed by atoms with Crippen molar-refractivity contribution in [2.24, 2.45) is 0 Å². The highest BCUT2D eigenvalue weighted by Crippen LogP contribution is 2.37. The lowest BCUT2D eigenvalue weighted by Gasteiger charge is -2.36. The number of rotatable bonds is 3. The minimum absolute atomic E-state index is 0.0103. The van der Waals surface area contributed by atoms with Crippen molar-refractivity contribution in [1.29, 1.82) is 0 Å².